The third kappa shape index (κ3) is 11.3. The molecule has 0 aromatic carbocycles. The summed E-state index contributed by atoms with van der Waals surface area (Å²) in [6.45, 7) is 14.6. The van der Waals surface area contributed by atoms with Crippen LogP contribution in [0.5, 0.6) is 0 Å². The van der Waals surface area contributed by atoms with Gasteiger partial charge in [-0.2, -0.15) is 0 Å². The number of ether oxygens (including phenoxy) is 3. The number of carbonyl (C=O) groups excluding carboxylic acids is 4. The fourth-order valence-corrected chi connectivity index (χ4v) is 7.50. The molecule has 4 aliphatic rings. The maximum absolute atomic E-state index is 13.7. The van der Waals surface area contributed by atoms with Crippen LogP contribution in [0.25, 0.3) is 0 Å². The number of fused-ring (bicyclic) bond motifs is 1. The Balaban J connectivity index is 0.000000304. The lowest BCUT2D eigenvalue weighted by Crippen LogP contribution is -2.57. The Labute approximate surface area is 297 Å². The number of nitrogens with zero attached hydrogens (tertiary/aromatic N) is 1. The number of amides is 3. The number of rotatable bonds is 7. The van der Waals surface area contributed by atoms with E-state index in [1.807, 2.05) is 0 Å². The first kappa shape index (κ1) is 42.1. The fraction of sp³-hybridized carbons (Fsp3) is 0.857. The fourth-order valence-electron chi connectivity index (χ4n) is 7.50. The number of aliphatic carboxylic acids is 1. The van der Waals surface area contributed by atoms with Gasteiger partial charge in [0, 0.05) is 38.1 Å². The summed E-state index contributed by atoms with van der Waals surface area (Å²) in [5.41, 5.74) is -1.59. The molecule has 0 aromatic rings. The molecule has 3 saturated carbocycles. The Hall–Kier alpha value is -3.33. The lowest BCUT2D eigenvalue weighted by atomic mass is 9.81. The van der Waals surface area contributed by atoms with Crippen molar-refractivity contribution in [1.29, 1.82) is 0 Å². The van der Waals surface area contributed by atoms with Gasteiger partial charge in [0.1, 0.15) is 29.3 Å². The molecule has 12 nitrogen and oxygen atoms in total. The maximum Gasteiger partial charge on any atom is 0.408 e. The van der Waals surface area contributed by atoms with Crippen molar-refractivity contribution in [2.24, 2.45) is 29.1 Å². The van der Waals surface area contributed by atoms with Crippen LogP contribution in [-0.2, 0) is 28.6 Å². The summed E-state index contributed by atoms with van der Waals surface area (Å²) in [5, 5.41) is 14.0. The molecular weight excluding hydrogens is 682 g/mol. The van der Waals surface area contributed by atoms with Gasteiger partial charge in [-0.25, -0.2) is 36.7 Å². The Bertz CT molecular complexity index is 1290. The van der Waals surface area contributed by atoms with Crippen molar-refractivity contribution in [3.63, 3.8) is 0 Å². The number of alkyl halides is 4. The molecular formula is C35H55F4N3O9. The Morgan fingerprint density at radius 3 is 1.51 bits per heavy atom. The summed E-state index contributed by atoms with van der Waals surface area (Å²) >= 11 is 0. The second-order valence-electron chi connectivity index (χ2n) is 16.9. The van der Waals surface area contributed by atoms with Crippen molar-refractivity contribution in [3.8, 4) is 0 Å². The summed E-state index contributed by atoms with van der Waals surface area (Å²) < 4.78 is 68.8. The van der Waals surface area contributed by atoms with E-state index < -0.39 is 83.0 Å². The van der Waals surface area contributed by atoms with Gasteiger partial charge in [-0.1, -0.05) is 13.8 Å². The highest BCUT2D eigenvalue weighted by Crippen LogP contribution is 2.65. The van der Waals surface area contributed by atoms with Crippen LogP contribution in [0.1, 0.15) is 107 Å². The molecule has 292 valence electrons. The second kappa shape index (κ2) is 15.3. The number of halogens is 4. The third-order valence-corrected chi connectivity index (χ3v) is 10.3. The number of esters is 1. The van der Waals surface area contributed by atoms with Gasteiger partial charge >= 0.3 is 24.1 Å². The maximum atomic E-state index is 13.7. The number of nitrogens with one attached hydrogen (secondary N) is 2. The minimum atomic E-state index is -2.76. The summed E-state index contributed by atoms with van der Waals surface area (Å²) in [6, 6.07) is -2.95. The van der Waals surface area contributed by atoms with Crippen molar-refractivity contribution in [2.75, 3.05) is 13.7 Å². The largest absolute Gasteiger partial charge is 0.480 e. The van der Waals surface area contributed by atoms with Crippen molar-refractivity contribution in [3.05, 3.63) is 0 Å². The minimum absolute atomic E-state index is 0.0123. The topological polar surface area (TPSA) is 161 Å². The zero-order valence-electron chi connectivity index (χ0n) is 31.1. The highest BCUT2D eigenvalue weighted by molar-refractivity contribution is 5.91. The first-order valence-corrected chi connectivity index (χ1v) is 17.5. The Morgan fingerprint density at radius 2 is 1.14 bits per heavy atom. The highest BCUT2D eigenvalue weighted by Gasteiger charge is 2.70. The number of carboxylic acids is 1. The van der Waals surface area contributed by atoms with E-state index in [2.05, 4.69) is 24.5 Å². The summed E-state index contributed by atoms with van der Waals surface area (Å²) in [7, 11) is 1.29. The van der Waals surface area contributed by atoms with Crippen LogP contribution >= 0.6 is 0 Å². The monoisotopic (exact) mass is 737 g/mol. The number of carbonyl (C=O) groups is 5. The van der Waals surface area contributed by atoms with E-state index >= 15 is 0 Å². The molecule has 0 spiro atoms. The van der Waals surface area contributed by atoms with Crippen molar-refractivity contribution in [1.82, 2.24) is 15.5 Å². The molecule has 0 radical (unpaired) electrons. The molecule has 3 amide bonds. The summed E-state index contributed by atoms with van der Waals surface area (Å²) in [6.07, 6.45) is -2.65. The van der Waals surface area contributed by atoms with Crippen LogP contribution in [-0.4, -0.2) is 94.9 Å². The third-order valence-electron chi connectivity index (χ3n) is 10.3. The number of methoxy groups -OCH3 is 1. The zero-order chi connectivity index (χ0) is 38.9. The van der Waals surface area contributed by atoms with Gasteiger partial charge < -0.3 is 34.9 Å². The molecule has 1 unspecified atom stereocenters. The predicted octanol–water partition coefficient (Wildman–Crippen LogP) is 6.15. The first-order valence-electron chi connectivity index (χ1n) is 17.5. The van der Waals surface area contributed by atoms with Crippen molar-refractivity contribution >= 4 is 30.0 Å². The molecule has 16 heteroatoms. The van der Waals surface area contributed by atoms with Crippen LogP contribution in [0.2, 0.25) is 0 Å². The average Bonchev–Trinajstić information content (AvgIpc) is 3.29. The summed E-state index contributed by atoms with van der Waals surface area (Å²) in [4.78, 5) is 62.8. The molecule has 1 heterocycles. The van der Waals surface area contributed by atoms with Gasteiger partial charge in [0.15, 0.2) is 0 Å². The first-order chi connectivity index (χ1) is 23.2. The van der Waals surface area contributed by atoms with Gasteiger partial charge in [-0.3, -0.25) is 4.79 Å². The second-order valence-corrected chi connectivity index (χ2v) is 16.9. The van der Waals surface area contributed by atoms with Gasteiger partial charge in [0.05, 0.1) is 7.11 Å². The minimum Gasteiger partial charge on any atom is -0.480 e. The number of carboxylic acid groups (broad SMARTS) is 1. The lowest BCUT2D eigenvalue weighted by Gasteiger charge is -2.37. The average molecular weight is 738 g/mol. The smallest absolute Gasteiger partial charge is 0.408 e. The molecule has 3 aliphatic carbocycles. The van der Waals surface area contributed by atoms with E-state index in [1.165, 1.54) is 12.0 Å². The van der Waals surface area contributed by atoms with E-state index in [1.54, 1.807) is 41.5 Å². The standard InChI is InChI=1S/C22H34F2N2O5.C13H21F2NO4/c1-20(2,3)31-19(29)25-15(12-7-9-22(23,24)10-8-12)17(27)26-11-13-14(21(13,4)5)16(26)18(28)30-6;1-12(2,3)20-11(19)16-9(10(17)18)8-4-6-13(14,15)7-5-8/h12-16H,7-11H2,1-6H3,(H,25,29);8-9H,4-7H2,1-3H3,(H,16,19)(H,17,18)/t13-,14-,15-,16?;9-/m00/s1. The van der Waals surface area contributed by atoms with Gasteiger partial charge in [-0.15, -0.1) is 0 Å². The SMILES string of the molecule is CC(C)(C)OC(=O)N[C@H](C(=O)O)C1CCC(F)(F)CC1.COC(=O)C1[C@@H]2[C@H](CN1C(=O)[C@@H](NC(=O)OC(C)(C)C)C1CCC(F)(F)CC1)C2(C)C. The van der Waals surface area contributed by atoms with Crippen LogP contribution in [0.15, 0.2) is 0 Å². The van der Waals surface area contributed by atoms with Crippen LogP contribution in [0.3, 0.4) is 0 Å². The lowest BCUT2D eigenvalue weighted by molar-refractivity contribution is -0.154. The normalized spacial score (nSPS) is 26.6. The molecule has 0 aromatic heterocycles. The van der Waals surface area contributed by atoms with Gasteiger partial charge in [-0.05, 0) is 90.4 Å². The zero-order valence-corrected chi connectivity index (χ0v) is 31.1. The summed E-state index contributed by atoms with van der Waals surface area (Å²) in [5.74, 6) is -8.44. The number of hydrogen-bond donors (Lipinski definition) is 3. The number of piperidine rings is 1. The Morgan fingerprint density at radius 1 is 0.745 bits per heavy atom. The van der Waals surface area contributed by atoms with E-state index in [0.717, 1.165) is 0 Å². The van der Waals surface area contributed by atoms with Crippen molar-refractivity contribution < 1.29 is 60.9 Å². The molecule has 1 saturated heterocycles. The molecule has 3 N–H and O–H groups in total. The number of alkyl carbamates (subject to hydrolysis) is 2. The number of likely N-dealkylation sites (tertiary alicyclic amines) is 1. The van der Waals surface area contributed by atoms with Crippen LogP contribution < -0.4 is 10.6 Å². The van der Waals surface area contributed by atoms with E-state index in [-0.39, 0.29) is 68.6 Å². The number of hydrogen-bond acceptors (Lipinski definition) is 8. The van der Waals surface area contributed by atoms with Crippen LogP contribution in [0, 0.1) is 29.1 Å². The van der Waals surface area contributed by atoms with E-state index in [0.29, 0.717) is 6.54 Å². The van der Waals surface area contributed by atoms with Gasteiger partial charge in [0.25, 0.3) is 0 Å². The van der Waals surface area contributed by atoms with E-state index in [9.17, 15) is 41.5 Å². The van der Waals surface area contributed by atoms with Gasteiger partial charge in [0.2, 0.25) is 17.8 Å². The molecule has 4 rings (SSSR count). The molecule has 51 heavy (non-hydrogen) atoms. The predicted molar refractivity (Wildman–Crippen MR) is 176 cm³/mol. The molecule has 1 aliphatic heterocycles. The van der Waals surface area contributed by atoms with Crippen LogP contribution in [0.4, 0.5) is 27.2 Å². The molecule has 5 atom stereocenters. The highest BCUT2D eigenvalue weighted by atomic mass is 19.3. The van der Waals surface area contributed by atoms with E-state index in [4.69, 9.17) is 19.3 Å². The Kier molecular flexibility index (Phi) is 12.7. The quantitative estimate of drug-likeness (QED) is 0.158. The van der Waals surface area contributed by atoms with Crippen molar-refractivity contribution in [2.45, 2.75) is 148 Å². The molecule has 4 fully saturated rings. The molecule has 0 bridgehead atoms.